The van der Waals surface area contributed by atoms with Crippen molar-refractivity contribution in [2.75, 3.05) is 0 Å². The summed E-state index contributed by atoms with van der Waals surface area (Å²) in [5.41, 5.74) is 1.68. The van der Waals surface area contributed by atoms with Gasteiger partial charge in [0.15, 0.2) is 0 Å². The topological polar surface area (TPSA) is 44.9 Å². The number of para-hydroxylation sites is 1. The number of rotatable bonds is 2. The molecule has 1 aromatic carbocycles. The molecular formula is C17H22N2O. The van der Waals surface area contributed by atoms with Gasteiger partial charge in [-0.1, -0.05) is 32.0 Å². The molecule has 3 nitrogen and oxygen atoms in total. The summed E-state index contributed by atoms with van der Waals surface area (Å²) in [6.07, 6.45) is 3.51. The molecule has 0 aliphatic heterocycles. The monoisotopic (exact) mass is 270 g/mol. The van der Waals surface area contributed by atoms with Crippen LogP contribution in [0.1, 0.15) is 43.6 Å². The van der Waals surface area contributed by atoms with Crippen molar-refractivity contribution < 1.29 is 4.79 Å². The Balaban J connectivity index is 1.72. The molecule has 0 bridgehead atoms. The van der Waals surface area contributed by atoms with E-state index in [1.54, 1.807) is 0 Å². The lowest BCUT2D eigenvalue weighted by molar-refractivity contribution is 0.0895. The average molecular weight is 270 g/mol. The maximum Gasteiger partial charge on any atom is 0.267 e. The van der Waals surface area contributed by atoms with Crippen molar-refractivity contribution in [3.63, 3.8) is 0 Å². The number of benzene rings is 1. The Bertz CT molecular complexity index is 583. The predicted octanol–water partition coefficient (Wildman–Crippen LogP) is 3.72. The van der Waals surface area contributed by atoms with Gasteiger partial charge in [0.05, 0.1) is 0 Å². The van der Waals surface area contributed by atoms with Gasteiger partial charge >= 0.3 is 0 Å². The van der Waals surface area contributed by atoms with Crippen molar-refractivity contribution >= 4 is 16.8 Å². The molecule has 3 heteroatoms. The Labute approximate surface area is 119 Å². The third-order valence-corrected chi connectivity index (χ3v) is 4.52. The van der Waals surface area contributed by atoms with Gasteiger partial charge < -0.3 is 10.3 Å². The Morgan fingerprint density at radius 2 is 2.05 bits per heavy atom. The summed E-state index contributed by atoms with van der Waals surface area (Å²) in [6.45, 7) is 4.54. The molecule has 1 amide bonds. The summed E-state index contributed by atoms with van der Waals surface area (Å²) in [5, 5.41) is 4.28. The third-order valence-electron chi connectivity index (χ3n) is 4.52. The molecule has 1 aromatic heterocycles. The Kier molecular flexibility index (Phi) is 3.51. The second-order valence-corrected chi connectivity index (χ2v) is 6.25. The number of hydrogen-bond acceptors (Lipinski definition) is 1. The molecule has 0 saturated heterocycles. The van der Waals surface area contributed by atoms with Crippen LogP contribution in [-0.2, 0) is 0 Å². The van der Waals surface area contributed by atoms with Crippen LogP contribution in [-0.4, -0.2) is 16.9 Å². The van der Waals surface area contributed by atoms with Gasteiger partial charge in [-0.2, -0.15) is 0 Å². The summed E-state index contributed by atoms with van der Waals surface area (Å²) in [6, 6.07) is 10.2. The molecule has 3 rings (SSSR count). The van der Waals surface area contributed by atoms with Gasteiger partial charge in [-0.15, -0.1) is 0 Å². The van der Waals surface area contributed by atoms with Crippen LogP contribution in [0.2, 0.25) is 0 Å². The first-order valence-corrected chi connectivity index (χ1v) is 7.52. The van der Waals surface area contributed by atoms with Crippen molar-refractivity contribution in [1.29, 1.82) is 0 Å². The van der Waals surface area contributed by atoms with E-state index in [2.05, 4.69) is 24.1 Å². The number of amides is 1. The largest absolute Gasteiger partial charge is 0.351 e. The highest BCUT2D eigenvalue weighted by molar-refractivity contribution is 5.98. The number of carbonyl (C=O) groups is 1. The van der Waals surface area contributed by atoms with Crippen LogP contribution < -0.4 is 5.32 Å². The zero-order valence-electron chi connectivity index (χ0n) is 12.1. The normalized spacial score (nSPS) is 26.6. The zero-order chi connectivity index (χ0) is 14.1. The summed E-state index contributed by atoms with van der Waals surface area (Å²) in [4.78, 5) is 15.6. The van der Waals surface area contributed by atoms with E-state index in [9.17, 15) is 4.79 Å². The van der Waals surface area contributed by atoms with Gasteiger partial charge in [-0.3, -0.25) is 4.79 Å². The number of hydrogen-bond donors (Lipinski definition) is 2. The van der Waals surface area contributed by atoms with Gasteiger partial charge in [0.25, 0.3) is 5.91 Å². The first kappa shape index (κ1) is 13.2. The van der Waals surface area contributed by atoms with E-state index in [0.29, 0.717) is 17.7 Å². The highest BCUT2D eigenvalue weighted by Crippen LogP contribution is 2.28. The summed E-state index contributed by atoms with van der Waals surface area (Å²) < 4.78 is 0. The second kappa shape index (κ2) is 5.31. The SMILES string of the molecule is CC1CCC(NC(=O)c2cc3ccccc3[nH]2)C(C)C1. The number of aromatic amines is 1. The fourth-order valence-corrected chi connectivity index (χ4v) is 3.32. The maximum absolute atomic E-state index is 12.4. The van der Waals surface area contributed by atoms with Crippen LogP contribution in [0.15, 0.2) is 30.3 Å². The predicted molar refractivity (Wildman–Crippen MR) is 81.7 cm³/mol. The minimum atomic E-state index is 0.0209. The number of H-pyrrole nitrogens is 1. The highest BCUT2D eigenvalue weighted by Gasteiger charge is 2.27. The Hall–Kier alpha value is -1.77. The van der Waals surface area contributed by atoms with Crippen molar-refractivity contribution in [2.45, 2.75) is 39.2 Å². The molecular weight excluding hydrogens is 248 g/mol. The lowest BCUT2D eigenvalue weighted by Crippen LogP contribution is -2.42. The lowest BCUT2D eigenvalue weighted by Gasteiger charge is -2.33. The van der Waals surface area contributed by atoms with E-state index in [1.165, 1.54) is 12.8 Å². The van der Waals surface area contributed by atoms with Crippen LogP contribution >= 0.6 is 0 Å². The van der Waals surface area contributed by atoms with Gasteiger partial charge in [0.2, 0.25) is 0 Å². The molecule has 3 unspecified atom stereocenters. The van der Waals surface area contributed by atoms with Crippen molar-refractivity contribution in [3.8, 4) is 0 Å². The smallest absolute Gasteiger partial charge is 0.267 e. The first-order chi connectivity index (χ1) is 9.63. The van der Waals surface area contributed by atoms with Crippen LogP contribution in [0.5, 0.6) is 0 Å². The zero-order valence-corrected chi connectivity index (χ0v) is 12.1. The Morgan fingerprint density at radius 3 is 2.80 bits per heavy atom. The molecule has 1 aliphatic carbocycles. The van der Waals surface area contributed by atoms with Gasteiger partial charge in [-0.25, -0.2) is 0 Å². The molecule has 1 heterocycles. The quantitative estimate of drug-likeness (QED) is 0.858. The van der Waals surface area contributed by atoms with E-state index in [1.807, 2.05) is 30.3 Å². The van der Waals surface area contributed by atoms with Gasteiger partial charge in [0, 0.05) is 16.9 Å². The fourth-order valence-electron chi connectivity index (χ4n) is 3.32. The second-order valence-electron chi connectivity index (χ2n) is 6.25. The van der Waals surface area contributed by atoms with E-state index >= 15 is 0 Å². The molecule has 20 heavy (non-hydrogen) atoms. The van der Waals surface area contributed by atoms with E-state index in [-0.39, 0.29) is 5.91 Å². The molecule has 1 fully saturated rings. The Morgan fingerprint density at radius 1 is 1.25 bits per heavy atom. The first-order valence-electron chi connectivity index (χ1n) is 7.52. The number of carbonyl (C=O) groups excluding carboxylic acids is 1. The van der Waals surface area contributed by atoms with Crippen LogP contribution in [0.3, 0.4) is 0 Å². The lowest BCUT2D eigenvalue weighted by atomic mass is 9.80. The molecule has 1 saturated carbocycles. The average Bonchev–Trinajstić information content (AvgIpc) is 2.86. The summed E-state index contributed by atoms with van der Waals surface area (Å²) in [5.74, 6) is 1.37. The highest BCUT2D eigenvalue weighted by atomic mass is 16.1. The van der Waals surface area contributed by atoms with E-state index < -0.39 is 0 Å². The molecule has 2 aromatic rings. The van der Waals surface area contributed by atoms with E-state index in [0.717, 1.165) is 23.2 Å². The van der Waals surface area contributed by atoms with Crippen molar-refractivity contribution in [3.05, 3.63) is 36.0 Å². The summed E-state index contributed by atoms with van der Waals surface area (Å²) >= 11 is 0. The number of aromatic nitrogens is 1. The summed E-state index contributed by atoms with van der Waals surface area (Å²) in [7, 11) is 0. The van der Waals surface area contributed by atoms with Crippen LogP contribution in [0.25, 0.3) is 10.9 Å². The minimum absolute atomic E-state index is 0.0209. The van der Waals surface area contributed by atoms with Crippen molar-refractivity contribution in [1.82, 2.24) is 10.3 Å². The number of fused-ring (bicyclic) bond motifs is 1. The molecule has 0 spiro atoms. The maximum atomic E-state index is 12.4. The van der Waals surface area contributed by atoms with E-state index in [4.69, 9.17) is 0 Å². The molecule has 1 aliphatic rings. The van der Waals surface area contributed by atoms with Crippen molar-refractivity contribution in [2.24, 2.45) is 11.8 Å². The van der Waals surface area contributed by atoms with Crippen LogP contribution in [0.4, 0.5) is 0 Å². The molecule has 106 valence electrons. The fraction of sp³-hybridized carbons (Fsp3) is 0.471. The van der Waals surface area contributed by atoms with Crippen LogP contribution in [0, 0.1) is 11.8 Å². The molecule has 0 radical (unpaired) electrons. The standard InChI is InChI=1S/C17H22N2O/c1-11-7-8-14(12(2)9-11)19-17(20)16-10-13-5-3-4-6-15(13)18-16/h3-6,10-12,14,18H,7-9H2,1-2H3,(H,19,20). The van der Waals surface area contributed by atoms with Gasteiger partial charge in [0.1, 0.15) is 5.69 Å². The third kappa shape index (κ3) is 2.58. The molecule has 2 N–H and O–H groups in total. The number of nitrogens with one attached hydrogen (secondary N) is 2. The van der Waals surface area contributed by atoms with Gasteiger partial charge in [-0.05, 0) is 43.2 Å². The minimum Gasteiger partial charge on any atom is -0.351 e. The molecule has 3 atom stereocenters.